The van der Waals surface area contributed by atoms with Crippen LogP contribution in [0.3, 0.4) is 0 Å². The molecule has 0 aliphatic rings. The molecule has 7 nitrogen and oxygen atoms in total. The third-order valence-electron chi connectivity index (χ3n) is 7.97. The molecule has 2 atom stereocenters. The summed E-state index contributed by atoms with van der Waals surface area (Å²) < 4.78 is 36.3. The molecule has 0 aliphatic heterocycles. The lowest BCUT2D eigenvalue weighted by molar-refractivity contribution is -0.119. The van der Waals surface area contributed by atoms with Crippen LogP contribution in [0.4, 0.5) is 0 Å². The molecule has 0 aliphatic carbocycles. The lowest BCUT2D eigenvalue weighted by atomic mass is 10.0. The van der Waals surface area contributed by atoms with Crippen molar-refractivity contribution < 1.29 is 31.4 Å². The largest absolute Gasteiger partial charge is 0.503 e. The molecule has 0 aromatic rings. The van der Waals surface area contributed by atoms with Gasteiger partial charge in [0, 0.05) is 63.6 Å². The molecule has 0 N–H and O–H groups in total. The van der Waals surface area contributed by atoms with E-state index in [0.717, 1.165) is 51.4 Å². The second-order valence-electron chi connectivity index (χ2n) is 11.5. The highest BCUT2D eigenvalue weighted by atomic mass is 28.4. The molecule has 42 heavy (non-hydrogen) atoms. The predicted octanol–water partition coefficient (Wildman–Crippen LogP) is 9.67. The Morgan fingerprint density at radius 3 is 0.929 bits per heavy atom. The number of carbonyl (C=O) groups is 1. The standard InChI is InChI=1S/C33H70O7Si2/c1-9-35-41(36-10-2,37-11-3)31(7)27-23-19-15-17-21-25-29-33(34)30-26-22-18-16-20-24-28-32(8)42(38-12-4,39-13-5)40-14-6/h31-32H,9-30H2,1-8H3. The van der Waals surface area contributed by atoms with E-state index in [2.05, 4.69) is 13.8 Å². The van der Waals surface area contributed by atoms with Crippen molar-refractivity contribution in [2.24, 2.45) is 0 Å². The van der Waals surface area contributed by atoms with Gasteiger partial charge in [-0.15, -0.1) is 0 Å². The van der Waals surface area contributed by atoms with Crippen LogP contribution in [0.2, 0.25) is 11.1 Å². The number of hydrogen-bond acceptors (Lipinski definition) is 7. The Morgan fingerprint density at radius 2 is 0.667 bits per heavy atom. The average molecular weight is 635 g/mol. The fraction of sp³-hybridized carbons (Fsp3) is 0.970. The van der Waals surface area contributed by atoms with Gasteiger partial charge in [-0.2, -0.15) is 0 Å². The van der Waals surface area contributed by atoms with E-state index >= 15 is 0 Å². The summed E-state index contributed by atoms with van der Waals surface area (Å²) in [5.41, 5.74) is 0.653. The van der Waals surface area contributed by atoms with Gasteiger partial charge in [-0.05, 0) is 67.2 Å². The predicted molar refractivity (Wildman–Crippen MR) is 179 cm³/mol. The molecule has 0 spiro atoms. The minimum atomic E-state index is -2.58. The van der Waals surface area contributed by atoms with Gasteiger partial charge >= 0.3 is 17.6 Å². The van der Waals surface area contributed by atoms with Gasteiger partial charge in [0.05, 0.1) is 0 Å². The summed E-state index contributed by atoms with van der Waals surface area (Å²) in [4.78, 5) is 12.3. The molecule has 0 radical (unpaired) electrons. The Kier molecular flexibility index (Phi) is 27.1. The first-order chi connectivity index (χ1) is 20.3. The molecule has 252 valence electrons. The highest BCUT2D eigenvalue weighted by Crippen LogP contribution is 2.32. The van der Waals surface area contributed by atoms with Crippen LogP contribution < -0.4 is 0 Å². The molecule has 0 saturated carbocycles. The summed E-state index contributed by atoms with van der Waals surface area (Å²) in [6.45, 7) is 20.4. The van der Waals surface area contributed by atoms with Gasteiger partial charge in [0.25, 0.3) is 0 Å². The fourth-order valence-electron chi connectivity index (χ4n) is 5.75. The maximum atomic E-state index is 12.3. The van der Waals surface area contributed by atoms with Crippen molar-refractivity contribution in [3.05, 3.63) is 0 Å². The number of hydrogen-bond donors (Lipinski definition) is 0. The summed E-state index contributed by atoms with van der Waals surface area (Å²) in [7, 11) is -5.17. The minimum absolute atomic E-state index is 0.326. The third-order valence-corrected chi connectivity index (χ3v) is 15.1. The van der Waals surface area contributed by atoms with E-state index in [9.17, 15) is 4.79 Å². The van der Waals surface area contributed by atoms with E-state index in [1.807, 2.05) is 41.5 Å². The van der Waals surface area contributed by atoms with Crippen LogP contribution in [0, 0.1) is 0 Å². The number of ketones is 1. The second kappa shape index (κ2) is 27.2. The highest BCUT2D eigenvalue weighted by Gasteiger charge is 2.47. The van der Waals surface area contributed by atoms with Crippen molar-refractivity contribution in [1.29, 1.82) is 0 Å². The van der Waals surface area contributed by atoms with Gasteiger partial charge in [-0.1, -0.05) is 78.1 Å². The maximum Gasteiger partial charge on any atom is 0.503 e. The average Bonchev–Trinajstić information content (AvgIpc) is 2.96. The molecule has 2 unspecified atom stereocenters. The third kappa shape index (κ3) is 18.0. The first-order valence-corrected chi connectivity index (χ1v) is 21.3. The van der Waals surface area contributed by atoms with Gasteiger partial charge < -0.3 is 26.6 Å². The number of Topliss-reactive ketones (excluding diaryl/α,β-unsaturated/α-hetero) is 1. The van der Waals surface area contributed by atoms with Crippen molar-refractivity contribution >= 4 is 23.4 Å². The van der Waals surface area contributed by atoms with Gasteiger partial charge in [0.15, 0.2) is 0 Å². The van der Waals surface area contributed by atoms with Gasteiger partial charge in [-0.3, -0.25) is 4.79 Å². The summed E-state index contributed by atoms with van der Waals surface area (Å²) in [5, 5.41) is 0. The number of unbranched alkanes of at least 4 members (excludes halogenated alkanes) is 10. The molecule has 0 aromatic carbocycles. The highest BCUT2D eigenvalue weighted by molar-refractivity contribution is 6.62. The van der Waals surface area contributed by atoms with E-state index in [1.165, 1.54) is 51.4 Å². The van der Waals surface area contributed by atoms with Crippen LogP contribution in [0.5, 0.6) is 0 Å². The zero-order valence-corrected chi connectivity index (χ0v) is 31.1. The first kappa shape index (κ1) is 41.9. The number of carbonyl (C=O) groups excluding carboxylic acids is 1. The van der Waals surface area contributed by atoms with Crippen molar-refractivity contribution in [2.75, 3.05) is 39.6 Å². The molecule has 0 bridgehead atoms. The molecule has 0 aromatic heterocycles. The van der Waals surface area contributed by atoms with Crippen LogP contribution in [-0.4, -0.2) is 63.0 Å². The van der Waals surface area contributed by atoms with Crippen LogP contribution in [0.25, 0.3) is 0 Å². The lowest BCUT2D eigenvalue weighted by Crippen LogP contribution is -2.49. The second-order valence-corrected chi connectivity index (χ2v) is 17.6. The summed E-state index contributed by atoms with van der Waals surface area (Å²) in [6.07, 6.45) is 17.8. The maximum absolute atomic E-state index is 12.3. The van der Waals surface area contributed by atoms with Crippen LogP contribution in [0.15, 0.2) is 0 Å². The normalized spacial score (nSPS) is 13.9. The van der Waals surface area contributed by atoms with Gasteiger partial charge in [-0.25, -0.2) is 0 Å². The van der Waals surface area contributed by atoms with Crippen LogP contribution in [0.1, 0.15) is 158 Å². The molecule has 0 amide bonds. The van der Waals surface area contributed by atoms with Crippen molar-refractivity contribution in [3.63, 3.8) is 0 Å². The van der Waals surface area contributed by atoms with E-state index in [4.69, 9.17) is 26.6 Å². The molecular formula is C33H70O7Si2. The van der Waals surface area contributed by atoms with Crippen LogP contribution >= 0.6 is 0 Å². The molecule has 0 rings (SSSR count). The molecular weight excluding hydrogens is 565 g/mol. The quantitative estimate of drug-likeness (QED) is 0.0539. The van der Waals surface area contributed by atoms with E-state index in [1.54, 1.807) is 0 Å². The number of rotatable bonds is 32. The smallest absolute Gasteiger partial charge is 0.374 e. The van der Waals surface area contributed by atoms with E-state index in [0.29, 0.717) is 56.5 Å². The van der Waals surface area contributed by atoms with Crippen molar-refractivity contribution in [2.45, 2.75) is 169 Å². The zero-order valence-electron chi connectivity index (χ0n) is 29.1. The zero-order chi connectivity index (χ0) is 31.5. The van der Waals surface area contributed by atoms with E-state index < -0.39 is 17.6 Å². The van der Waals surface area contributed by atoms with Gasteiger partial charge in [0.1, 0.15) is 5.78 Å². The Hall–Kier alpha value is -0.136. The van der Waals surface area contributed by atoms with Gasteiger partial charge in [0.2, 0.25) is 0 Å². The minimum Gasteiger partial charge on any atom is -0.374 e. The van der Waals surface area contributed by atoms with Crippen LogP contribution in [-0.2, 0) is 31.4 Å². The summed E-state index contributed by atoms with van der Waals surface area (Å²) in [6, 6.07) is 0. The first-order valence-electron chi connectivity index (χ1n) is 17.7. The Bertz CT molecular complexity index is 539. The van der Waals surface area contributed by atoms with Crippen molar-refractivity contribution in [3.8, 4) is 0 Å². The topological polar surface area (TPSA) is 72.5 Å². The molecule has 0 heterocycles. The Balaban J connectivity index is 3.88. The van der Waals surface area contributed by atoms with Crippen molar-refractivity contribution in [1.82, 2.24) is 0 Å². The molecule has 0 fully saturated rings. The Labute approximate surface area is 263 Å². The molecule has 9 heteroatoms. The Morgan fingerprint density at radius 1 is 0.429 bits per heavy atom. The summed E-state index contributed by atoms with van der Waals surface area (Å²) in [5.74, 6) is 0.450. The molecule has 0 saturated heterocycles. The summed E-state index contributed by atoms with van der Waals surface area (Å²) >= 11 is 0. The van der Waals surface area contributed by atoms with E-state index in [-0.39, 0.29) is 0 Å². The fourth-order valence-corrected chi connectivity index (χ4v) is 11.5. The monoisotopic (exact) mass is 634 g/mol. The lowest BCUT2D eigenvalue weighted by Gasteiger charge is -2.33. The SMILES string of the molecule is CCO[Si](OCC)(OCC)C(C)CCCCCCCCC(=O)CCCCCCCCC(C)[Si](OCC)(OCC)OCC.